The van der Waals surface area contributed by atoms with Gasteiger partial charge < -0.3 is 4.90 Å². The lowest BCUT2D eigenvalue weighted by Crippen LogP contribution is -2.43. The summed E-state index contributed by atoms with van der Waals surface area (Å²) >= 11 is 3.00. The minimum atomic E-state index is -0.967. The van der Waals surface area contributed by atoms with Gasteiger partial charge in [0.1, 0.15) is 11.6 Å². The Morgan fingerprint density at radius 2 is 1.84 bits per heavy atom. The van der Waals surface area contributed by atoms with Gasteiger partial charge in [-0.25, -0.2) is 14.7 Å². The Labute approximate surface area is 186 Å². The number of amides is 5. The van der Waals surface area contributed by atoms with Crippen molar-refractivity contribution in [1.29, 1.82) is 0 Å². The van der Waals surface area contributed by atoms with Crippen molar-refractivity contribution in [2.45, 2.75) is 19.4 Å². The van der Waals surface area contributed by atoms with E-state index in [0.29, 0.717) is 6.42 Å². The molecule has 1 atom stereocenters. The molecule has 0 saturated carbocycles. The van der Waals surface area contributed by atoms with Crippen LogP contribution < -0.4 is 0 Å². The van der Waals surface area contributed by atoms with E-state index in [1.54, 1.807) is 7.05 Å². The molecule has 1 aliphatic rings. The fourth-order valence-corrected chi connectivity index (χ4v) is 5.02. The van der Waals surface area contributed by atoms with Crippen LogP contribution >= 0.6 is 22.7 Å². The summed E-state index contributed by atoms with van der Waals surface area (Å²) in [5, 5.41) is 2.66. The topological polar surface area (TPSA) is 90.9 Å². The van der Waals surface area contributed by atoms with Crippen molar-refractivity contribution in [2.75, 3.05) is 20.1 Å². The zero-order chi connectivity index (χ0) is 22.1. The molecule has 1 aromatic carbocycles. The van der Waals surface area contributed by atoms with Crippen molar-refractivity contribution in [1.82, 2.24) is 19.7 Å². The Morgan fingerprint density at radius 1 is 1.10 bits per heavy atom. The van der Waals surface area contributed by atoms with Gasteiger partial charge in [0.2, 0.25) is 5.91 Å². The van der Waals surface area contributed by atoms with Crippen LogP contribution in [-0.4, -0.2) is 63.6 Å². The van der Waals surface area contributed by atoms with E-state index >= 15 is 0 Å². The number of imide groups is 2. The molecule has 1 aliphatic heterocycles. The number of fused-ring (bicyclic) bond motifs is 1. The van der Waals surface area contributed by atoms with Crippen LogP contribution in [0.1, 0.15) is 22.9 Å². The quantitative estimate of drug-likeness (QED) is 0.403. The number of urea groups is 1. The van der Waals surface area contributed by atoms with Gasteiger partial charge in [-0.3, -0.25) is 19.3 Å². The molecule has 0 unspecified atom stereocenters. The first kappa shape index (κ1) is 21.1. The Balaban J connectivity index is 1.42. The number of thiophene rings is 1. The van der Waals surface area contributed by atoms with Crippen molar-refractivity contribution in [3.05, 3.63) is 51.7 Å². The highest BCUT2D eigenvalue weighted by molar-refractivity contribution is 7.18. The average Bonchev–Trinajstić information content (AvgIpc) is 3.48. The fourth-order valence-electron chi connectivity index (χ4n) is 3.26. The summed E-state index contributed by atoms with van der Waals surface area (Å²) in [7, 11) is 1.60. The number of rotatable bonds is 7. The molecule has 4 rings (SSSR count). The molecule has 1 fully saturated rings. The number of benzene rings is 1. The molecular formula is C21H20N4O4S2. The number of likely N-dealkylation sites (N-methyl/N-ethyl adjacent to an activating group) is 1. The van der Waals surface area contributed by atoms with Crippen molar-refractivity contribution >= 4 is 56.6 Å². The fraction of sp³-hybridized carbons (Fsp3) is 0.286. The third-order valence-electron chi connectivity index (χ3n) is 5.23. The van der Waals surface area contributed by atoms with E-state index in [2.05, 4.69) is 4.98 Å². The first-order valence-corrected chi connectivity index (χ1v) is 11.4. The first-order chi connectivity index (χ1) is 14.9. The van der Waals surface area contributed by atoms with Gasteiger partial charge in [-0.15, -0.1) is 22.7 Å². The molecule has 0 aliphatic carbocycles. The smallest absolute Gasteiger partial charge is 0.334 e. The van der Waals surface area contributed by atoms with Crippen LogP contribution in [0, 0.1) is 0 Å². The maximum absolute atomic E-state index is 12.8. The third-order valence-corrected chi connectivity index (χ3v) is 7.38. The van der Waals surface area contributed by atoms with Crippen LogP contribution in [0.25, 0.3) is 10.2 Å². The van der Waals surface area contributed by atoms with Crippen LogP contribution in [-0.2, 0) is 20.8 Å². The van der Waals surface area contributed by atoms with Crippen LogP contribution in [0.2, 0.25) is 0 Å². The predicted molar refractivity (Wildman–Crippen MR) is 118 cm³/mol. The van der Waals surface area contributed by atoms with E-state index in [1.807, 2.05) is 48.7 Å². The minimum Gasteiger partial charge on any atom is -0.335 e. The monoisotopic (exact) mass is 456 g/mol. The molecule has 0 N–H and O–H groups in total. The third kappa shape index (κ3) is 4.08. The second-order valence-electron chi connectivity index (χ2n) is 7.16. The molecule has 8 nitrogen and oxygen atoms in total. The number of aromatic nitrogens is 1. The Hall–Kier alpha value is -3.11. The largest absolute Gasteiger partial charge is 0.335 e. The molecule has 3 heterocycles. The van der Waals surface area contributed by atoms with Gasteiger partial charge in [-0.2, -0.15) is 0 Å². The summed E-state index contributed by atoms with van der Waals surface area (Å²) in [6.07, 6.45) is 0.471. The number of carbonyl (C=O) groups is 4. The molecule has 0 bridgehead atoms. The molecule has 2 aromatic heterocycles. The van der Waals surface area contributed by atoms with Gasteiger partial charge >= 0.3 is 17.8 Å². The summed E-state index contributed by atoms with van der Waals surface area (Å²) in [6.45, 7) is 1.46. The van der Waals surface area contributed by atoms with E-state index < -0.39 is 30.3 Å². The normalized spacial score (nSPS) is 15.2. The number of carbonyl (C=O) groups excluding carboxylic acids is 4. The maximum atomic E-state index is 12.8. The Kier molecular flexibility index (Phi) is 5.84. The number of para-hydroxylation sites is 1. The van der Waals surface area contributed by atoms with E-state index in [1.165, 1.54) is 27.6 Å². The van der Waals surface area contributed by atoms with Crippen molar-refractivity contribution in [3.8, 4) is 0 Å². The summed E-state index contributed by atoms with van der Waals surface area (Å²) in [5.41, 5.74) is 0.854. The molecule has 10 heteroatoms. The summed E-state index contributed by atoms with van der Waals surface area (Å²) in [6, 6.07) is 10.4. The summed E-state index contributed by atoms with van der Waals surface area (Å²) < 4.78 is 1.02. The van der Waals surface area contributed by atoms with E-state index in [-0.39, 0.29) is 12.6 Å². The molecule has 3 aromatic rings. The Bertz CT molecular complexity index is 1120. The van der Waals surface area contributed by atoms with E-state index in [9.17, 15) is 19.2 Å². The lowest BCUT2D eigenvalue weighted by Gasteiger charge is -2.25. The van der Waals surface area contributed by atoms with Crippen molar-refractivity contribution in [3.63, 3.8) is 0 Å². The summed E-state index contributed by atoms with van der Waals surface area (Å²) in [5.74, 6) is -2.30. The number of hydrogen-bond donors (Lipinski definition) is 0. The molecule has 160 valence electrons. The number of thiazole rings is 1. The zero-order valence-corrected chi connectivity index (χ0v) is 18.6. The van der Waals surface area contributed by atoms with E-state index in [0.717, 1.165) is 29.9 Å². The lowest BCUT2D eigenvalue weighted by atomic mass is 10.3. The van der Waals surface area contributed by atoms with Gasteiger partial charge in [-0.05, 0) is 30.5 Å². The van der Waals surface area contributed by atoms with Gasteiger partial charge in [0.25, 0.3) is 0 Å². The molecule has 1 saturated heterocycles. The van der Waals surface area contributed by atoms with Gasteiger partial charge in [-0.1, -0.05) is 18.2 Å². The lowest BCUT2D eigenvalue weighted by molar-refractivity contribution is -0.145. The molecular weight excluding hydrogens is 436 g/mol. The van der Waals surface area contributed by atoms with Gasteiger partial charge in [0.05, 0.1) is 16.3 Å². The maximum Gasteiger partial charge on any atom is 0.334 e. The molecule has 5 amide bonds. The van der Waals surface area contributed by atoms with Crippen LogP contribution in [0.3, 0.4) is 0 Å². The van der Waals surface area contributed by atoms with Crippen LogP contribution in [0.5, 0.6) is 0 Å². The van der Waals surface area contributed by atoms with Crippen molar-refractivity contribution < 1.29 is 19.2 Å². The number of hydrogen-bond acceptors (Lipinski definition) is 7. The first-order valence-electron chi connectivity index (χ1n) is 9.67. The second kappa shape index (κ2) is 8.56. The van der Waals surface area contributed by atoms with Gasteiger partial charge in [0, 0.05) is 24.9 Å². The predicted octanol–water partition coefficient (Wildman–Crippen LogP) is 2.91. The second-order valence-corrected chi connectivity index (χ2v) is 9.25. The average molecular weight is 457 g/mol. The number of nitrogens with zero attached hydrogens (tertiary/aromatic N) is 4. The van der Waals surface area contributed by atoms with Crippen LogP contribution in [0.4, 0.5) is 4.79 Å². The highest BCUT2D eigenvalue weighted by atomic mass is 32.1. The highest BCUT2D eigenvalue weighted by Crippen LogP contribution is 2.29. The summed E-state index contributed by atoms with van der Waals surface area (Å²) in [4.78, 5) is 58.7. The standard InChI is InChI=1S/C21H20N4O4S2/c1-13(18-22-15-7-3-4-8-16(15)31-18)23(2)17(26)12-25-20(28)19(27)24(21(25)29)10-9-14-6-5-11-30-14/h3-8,11,13H,9-10,12H2,1-2H3/t13-/m1/s1. The van der Waals surface area contributed by atoms with Crippen LogP contribution in [0.15, 0.2) is 41.8 Å². The van der Waals surface area contributed by atoms with E-state index in [4.69, 9.17) is 0 Å². The van der Waals surface area contributed by atoms with Crippen molar-refractivity contribution in [2.24, 2.45) is 0 Å². The molecule has 0 spiro atoms. The SMILES string of the molecule is C[C@H](c1nc2ccccc2s1)N(C)C(=O)CN1C(=O)C(=O)N(CCc2cccs2)C1=O. The molecule has 31 heavy (non-hydrogen) atoms. The van der Waals surface area contributed by atoms with Gasteiger partial charge in [0.15, 0.2) is 0 Å². The highest BCUT2D eigenvalue weighted by Gasteiger charge is 2.45. The minimum absolute atomic E-state index is 0.104. The zero-order valence-electron chi connectivity index (χ0n) is 17.0. The molecule has 0 radical (unpaired) electrons. The Morgan fingerprint density at radius 3 is 2.55 bits per heavy atom.